The lowest BCUT2D eigenvalue weighted by atomic mass is 10.2. The molecule has 1 unspecified atom stereocenters. The number of carbonyl (C=O) groups excluding carboxylic acids is 1. The van der Waals surface area contributed by atoms with Crippen molar-refractivity contribution >= 4 is 39.1 Å². The van der Waals surface area contributed by atoms with Crippen molar-refractivity contribution in [3.63, 3.8) is 0 Å². The van der Waals surface area contributed by atoms with Crippen LogP contribution in [0.2, 0.25) is 5.02 Å². The summed E-state index contributed by atoms with van der Waals surface area (Å²) < 4.78 is 0.992. The fourth-order valence-corrected chi connectivity index (χ4v) is 2.42. The minimum Gasteiger partial charge on any atom is -0.326 e. The van der Waals surface area contributed by atoms with Gasteiger partial charge in [0.15, 0.2) is 6.54 Å². The lowest BCUT2D eigenvalue weighted by Gasteiger charge is -2.14. The average Bonchev–Trinajstić information content (AvgIpc) is 2.44. The van der Waals surface area contributed by atoms with Gasteiger partial charge < -0.3 is 10.2 Å². The third-order valence-electron chi connectivity index (χ3n) is 3.01. The number of hydrogen-bond acceptors (Lipinski definition) is 1. The Morgan fingerprint density at radius 3 is 2.38 bits per heavy atom. The van der Waals surface area contributed by atoms with E-state index in [-0.39, 0.29) is 5.91 Å². The molecule has 0 fully saturated rings. The Bertz CT molecular complexity index is 599. The summed E-state index contributed by atoms with van der Waals surface area (Å²) in [4.78, 5) is 13.1. The second kappa shape index (κ2) is 7.59. The van der Waals surface area contributed by atoms with Crippen molar-refractivity contribution < 1.29 is 9.69 Å². The third-order valence-corrected chi connectivity index (χ3v) is 3.79. The fraction of sp³-hybridized carbons (Fsp3) is 0.188. The van der Waals surface area contributed by atoms with Crippen LogP contribution in [0.25, 0.3) is 0 Å². The molecule has 0 bridgehead atoms. The molecule has 0 aliphatic heterocycles. The summed E-state index contributed by atoms with van der Waals surface area (Å²) in [5.74, 6) is 0.00351. The van der Waals surface area contributed by atoms with Gasteiger partial charge in [0, 0.05) is 20.7 Å². The van der Waals surface area contributed by atoms with Gasteiger partial charge in [-0.3, -0.25) is 4.79 Å². The van der Waals surface area contributed by atoms with Gasteiger partial charge in [-0.15, -0.1) is 0 Å². The molecule has 5 heteroatoms. The second-order valence-corrected chi connectivity index (χ2v) is 6.34. The lowest BCUT2D eigenvalue weighted by molar-refractivity contribution is -0.885. The summed E-state index contributed by atoms with van der Waals surface area (Å²) in [7, 11) is 2.00. The van der Waals surface area contributed by atoms with Gasteiger partial charge in [0.25, 0.3) is 5.91 Å². The quantitative estimate of drug-likeness (QED) is 0.836. The first-order chi connectivity index (χ1) is 10.0. The van der Waals surface area contributed by atoms with Crippen LogP contribution in [0.15, 0.2) is 53.0 Å². The molecule has 0 spiro atoms. The van der Waals surface area contributed by atoms with Crippen LogP contribution in [0.3, 0.4) is 0 Å². The Morgan fingerprint density at radius 2 is 1.76 bits per heavy atom. The first kappa shape index (κ1) is 16.0. The zero-order valence-electron chi connectivity index (χ0n) is 11.7. The van der Waals surface area contributed by atoms with Crippen LogP contribution in [0.1, 0.15) is 5.56 Å². The van der Waals surface area contributed by atoms with E-state index in [1.807, 2.05) is 55.6 Å². The summed E-state index contributed by atoms with van der Waals surface area (Å²) in [5, 5.41) is 3.62. The molecular weight excluding hydrogens is 352 g/mol. The van der Waals surface area contributed by atoms with Crippen molar-refractivity contribution in [2.45, 2.75) is 6.54 Å². The van der Waals surface area contributed by atoms with E-state index in [0.29, 0.717) is 6.54 Å². The van der Waals surface area contributed by atoms with Gasteiger partial charge in [0.2, 0.25) is 0 Å². The maximum atomic E-state index is 12.0. The zero-order valence-corrected chi connectivity index (χ0v) is 14.0. The summed E-state index contributed by atoms with van der Waals surface area (Å²) in [6.07, 6.45) is 0. The Hall–Kier alpha value is -1.36. The molecule has 3 nitrogen and oxygen atoms in total. The van der Waals surface area contributed by atoms with Crippen molar-refractivity contribution in [1.82, 2.24) is 0 Å². The summed E-state index contributed by atoms with van der Waals surface area (Å²) >= 11 is 9.23. The number of anilines is 1. The van der Waals surface area contributed by atoms with E-state index in [0.717, 1.165) is 32.2 Å². The molecule has 21 heavy (non-hydrogen) atoms. The smallest absolute Gasteiger partial charge is 0.279 e. The molecule has 2 N–H and O–H groups in total. The molecule has 1 amide bonds. The lowest BCUT2D eigenvalue weighted by Crippen LogP contribution is -3.08. The van der Waals surface area contributed by atoms with Gasteiger partial charge in [-0.25, -0.2) is 0 Å². The minimum absolute atomic E-state index is 0.00351. The van der Waals surface area contributed by atoms with Crippen molar-refractivity contribution in [3.8, 4) is 0 Å². The van der Waals surface area contributed by atoms with Crippen molar-refractivity contribution in [2.24, 2.45) is 0 Å². The number of rotatable bonds is 5. The van der Waals surface area contributed by atoms with Crippen LogP contribution in [-0.4, -0.2) is 19.5 Å². The number of amides is 1. The molecular formula is C16H17BrClN2O+. The minimum atomic E-state index is 0.00351. The Kier molecular flexibility index (Phi) is 5.79. The van der Waals surface area contributed by atoms with Crippen LogP contribution in [0, 0.1) is 0 Å². The molecule has 1 atom stereocenters. The molecule has 110 valence electrons. The van der Waals surface area contributed by atoms with Crippen LogP contribution < -0.4 is 10.2 Å². The van der Waals surface area contributed by atoms with E-state index in [1.54, 1.807) is 0 Å². The normalized spacial score (nSPS) is 12.0. The monoisotopic (exact) mass is 367 g/mol. The zero-order chi connectivity index (χ0) is 15.2. The first-order valence-corrected chi connectivity index (χ1v) is 7.81. The van der Waals surface area contributed by atoms with Gasteiger partial charge in [0.05, 0.1) is 7.05 Å². The highest BCUT2D eigenvalue weighted by Crippen LogP contribution is 2.13. The van der Waals surface area contributed by atoms with Gasteiger partial charge >= 0.3 is 0 Å². The molecule has 0 saturated heterocycles. The third kappa shape index (κ3) is 5.50. The van der Waals surface area contributed by atoms with E-state index >= 15 is 0 Å². The maximum Gasteiger partial charge on any atom is 0.279 e. The van der Waals surface area contributed by atoms with E-state index in [2.05, 4.69) is 21.2 Å². The van der Waals surface area contributed by atoms with Gasteiger partial charge in [0.1, 0.15) is 6.54 Å². The standard InChI is InChI=1S/C16H16BrClN2O/c1-20(10-12-2-6-14(18)7-3-12)11-16(21)19-15-8-4-13(17)5-9-15/h2-9H,10-11H2,1H3,(H,19,21)/p+1. The number of likely N-dealkylation sites (N-methyl/N-ethyl adjacent to an activating group) is 1. The molecule has 2 rings (SSSR count). The average molecular weight is 369 g/mol. The van der Waals surface area contributed by atoms with Crippen molar-refractivity contribution in [3.05, 3.63) is 63.6 Å². The number of quaternary nitrogens is 1. The number of nitrogens with one attached hydrogen (secondary N) is 2. The Morgan fingerprint density at radius 1 is 1.14 bits per heavy atom. The number of carbonyl (C=O) groups is 1. The fourth-order valence-electron chi connectivity index (χ4n) is 2.03. The van der Waals surface area contributed by atoms with Crippen molar-refractivity contribution in [1.29, 1.82) is 0 Å². The molecule has 0 saturated carbocycles. The molecule has 2 aromatic rings. The van der Waals surface area contributed by atoms with Crippen LogP contribution >= 0.6 is 27.5 Å². The van der Waals surface area contributed by atoms with E-state index in [1.165, 1.54) is 0 Å². The molecule has 0 aromatic heterocycles. The summed E-state index contributed by atoms with van der Waals surface area (Å²) in [6.45, 7) is 1.20. The molecule has 0 radical (unpaired) electrons. The van der Waals surface area contributed by atoms with Gasteiger partial charge in [-0.05, 0) is 36.4 Å². The van der Waals surface area contributed by atoms with Gasteiger partial charge in [-0.2, -0.15) is 0 Å². The Balaban J connectivity index is 1.84. The molecule has 0 heterocycles. The molecule has 0 aliphatic rings. The Labute approximate surface area is 138 Å². The highest BCUT2D eigenvalue weighted by molar-refractivity contribution is 9.10. The first-order valence-electron chi connectivity index (χ1n) is 6.64. The topological polar surface area (TPSA) is 33.5 Å². The number of benzene rings is 2. The predicted molar refractivity (Wildman–Crippen MR) is 89.7 cm³/mol. The molecule has 2 aromatic carbocycles. The van der Waals surface area contributed by atoms with Crippen LogP contribution in [0.5, 0.6) is 0 Å². The largest absolute Gasteiger partial charge is 0.326 e. The van der Waals surface area contributed by atoms with E-state index < -0.39 is 0 Å². The highest BCUT2D eigenvalue weighted by atomic mass is 79.9. The van der Waals surface area contributed by atoms with Crippen LogP contribution in [-0.2, 0) is 11.3 Å². The number of halogens is 2. The summed E-state index contributed by atoms with van der Waals surface area (Å²) in [5.41, 5.74) is 1.97. The van der Waals surface area contributed by atoms with Crippen LogP contribution in [0.4, 0.5) is 5.69 Å². The number of hydrogen-bond donors (Lipinski definition) is 2. The maximum absolute atomic E-state index is 12.0. The molecule has 0 aliphatic carbocycles. The SMILES string of the molecule is C[NH+](CC(=O)Nc1ccc(Br)cc1)Cc1ccc(Cl)cc1. The van der Waals surface area contributed by atoms with Gasteiger partial charge in [-0.1, -0.05) is 39.7 Å². The summed E-state index contributed by atoms with van der Waals surface area (Å²) in [6, 6.07) is 15.3. The predicted octanol–water partition coefficient (Wildman–Crippen LogP) is 2.76. The van der Waals surface area contributed by atoms with Crippen molar-refractivity contribution in [2.75, 3.05) is 18.9 Å². The van der Waals surface area contributed by atoms with E-state index in [9.17, 15) is 4.79 Å². The highest BCUT2D eigenvalue weighted by Gasteiger charge is 2.10. The second-order valence-electron chi connectivity index (χ2n) is 4.99. The van der Waals surface area contributed by atoms with E-state index in [4.69, 9.17) is 11.6 Å².